The SMILES string of the molecule is Cc1cccc(-n2c(-c3ccccc3)cnc2SCC(=O)NCC#N)c1C. The molecule has 6 heteroatoms. The van der Waals surface area contributed by atoms with Gasteiger partial charge < -0.3 is 5.32 Å². The molecule has 1 N–H and O–H groups in total. The van der Waals surface area contributed by atoms with Crippen molar-refractivity contribution < 1.29 is 4.79 Å². The lowest BCUT2D eigenvalue weighted by atomic mass is 10.1. The number of carbonyl (C=O) groups excluding carboxylic acids is 1. The first kappa shape index (κ1) is 18.7. The van der Waals surface area contributed by atoms with Crippen LogP contribution >= 0.6 is 11.8 Å². The molecule has 0 saturated heterocycles. The number of amides is 1. The lowest BCUT2D eigenvalue weighted by Crippen LogP contribution is -2.25. The van der Waals surface area contributed by atoms with Crippen molar-refractivity contribution in [2.45, 2.75) is 19.0 Å². The first-order valence-electron chi connectivity index (χ1n) is 8.58. The number of imidazole rings is 1. The fraction of sp³-hybridized carbons (Fsp3) is 0.190. The van der Waals surface area contributed by atoms with Crippen LogP contribution in [0.2, 0.25) is 0 Å². The van der Waals surface area contributed by atoms with Gasteiger partial charge >= 0.3 is 0 Å². The Bertz CT molecular complexity index is 989. The number of nitrogens with zero attached hydrogens (tertiary/aromatic N) is 3. The summed E-state index contributed by atoms with van der Waals surface area (Å²) in [4.78, 5) is 16.5. The van der Waals surface area contributed by atoms with Crippen LogP contribution in [-0.2, 0) is 4.79 Å². The maximum absolute atomic E-state index is 11.9. The fourth-order valence-electron chi connectivity index (χ4n) is 2.78. The van der Waals surface area contributed by atoms with Crippen LogP contribution in [0.5, 0.6) is 0 Å². The van der Waals surface area contributed by atoms with Crippen molar-refractivity contribution in [3.63, 3.8) is 0 Å². The number of thioether (sulfide) groups is 1. The Kier molecular flexibility index (Phi) is 5.94. The summed E-state index contributed by atoms with van der Waals surface area (Å²) in [5, 5.41) is 11.9. The summed E-state index contributed by atoms with van der Waals surface area (Å²) in [7, 11) is 0. The number of rotatable bonds is 6. The highest BCUT2D eigenvalue weighted by Crippen LogP contribution is 2.31. The molecule has 5 nitrogen and oxygen atoms in total. The van der Waals surface area contributed by atoms with Crippen LogP contribution in [0, 0.1) is 25.2 Å². The molecule has 0 saturated carbocycles. The van der Waals surface area contributed by atoms with Crippen LogP contribution in [0.15, 0.2) is 59.9 Å². The highest BCUT2D eigenvalue weighted by molar-refractivity contribution is 7.99. The summed E-state index contributed by atoms with van der Waals surface area (Å²) in [6, 6.07) is 18.2. The molecule has 3 rings (SSSR count). The lowest BCUT2D eigenvalue weighted by molar-refractivity contribution is -0.118. The van der Waals surface area contributed by atoms with Crippen molar-refractivity contribution in [3.8, 4) is 23.0 Å². The minimum Gasteiger partial charge on any atom is -0.342 e. The molecule has 2 aromatic carbocycles. The molecule has 27 heavy (non-hydrogen) atoms. The van der Waals surface area contributed by atoms with Crippen molar-refractivity contribution in [1.29, 1.82) is 5.26 Å². The number of aromatic nitrogens is 2. The summed E-state index contributed by atoms with van der Waals surface area (Å²) in [6.07, 6.45) is 1.84. The molecule has 0 fully saturated rings. The Labute approximate surface area is 163 Å². The van der Waals surface area contributed by atoms with Crippen LogP contribution < -0.4 is 5.32 Å². The normalized spacial score (nSPS) is 10.4. The molecule has 3 aromatic rings. The van der Waals surface area contributed by atoms with Gasteiger partial charge in [0.05, 0.1) is 29.4 Å². The quantitative estimate of drug-likeness (QED) is 0.523. The average Bonchev–Trinajstić information content (AvgIpc) is 3.11. The number of nitriles is 1. The molecule has 0 aliphatic rings. The van der Waals surface area contributed by atoms with E-state index in [2.05, 4.69) is 40.8 Å². The van der Waals surface area contributed by atoms with Gasteiger partial charge in [-0.1, -0.05) is 54.2 Å². The number of benzene rings is 2. The third kappa shape index (κ3) is 4.21. The van der Waals surface area contributed by atoms with Crippen molar-refractivity contribution in [2.24, 2.45) is 0 Å². The molecule has 0 spiro atoms. The van der Waals surface area contributed by atoms with Crippen molar-refractivity contribution in [3.05, 3.63) is 65.9 Å². The molecule has 0 aliphatic carbocycles. The molecule has 0 radical (unpaired) electrons. The van der Waals surface area contributed by atoms with Gasteiger partial charge in [-0.25, -0.2) is 4.98 Å². The van der Waals surface area contributed by atoms with E-state index in [1.54, 1.807) is 0 Å². The minimum absolute atomic E-state index is 0.0140. The number of nitrogens with one attached hydrogen (secondary N) is 1. The average molecular weight is 376 g/mol. The molecular weight excluding hydrogens is 356 g/mol. The van der Waals surface area contributed by atoms with Crippen LogP contribution in [0.4, 0.5) is 0 Å². The zero-order valence-corrected chi connectivity index (χ0v) is 16.1. The predicted octanol–water partition coefficient (Wildman–Crippen LogP) is 3.89. The summed E-state index contributed by atoms with van der Waals surface area (Å²) in [6.45, 7) is 4.19. The Hall–Kier alpha value is -3.04. The zero-order chi connectivity index (χ0) is 19.2. The standard InChI is InChI=1S/C21H20N4OS/c1-15-7-6-10-18(16(15)2)25-19(17-8-4-3-5-9-17)13-24-21(25)27-14-20(26)23-12-11-22/h3-10,13H,12,14H2,1-2H3,(H,23,26). The number of hydrogen-bond acceptors (Lipinski definition) is 4. The van der Waals surface area contributed by atoms with Gasteiger partial charge in [0, 0.05) is 5.56 Å². The van der Waals surface area contributed by atoms with Gasteiger partial charge in [0.2, 0.25) is 5.91 Å². The van der Waals surface area contributed by atoms with E-state index in [0.29, 0.717) is 0 Å². The van der Waals surface area contributed by atoms with Crippen LogP contribution in [0.1, 0.15) is 11.1 Å². The summed E-state index contributed by atoms with van der Waals surface area (Å²) in [5.74, 6) is 0.0240. The summed E-state index contributed by atoms with van der Waals surface area (Å²) >= 11 is 1.36. The third-order valence-corrected chi connectivity index (χ3v) is 5.27. The second kappa shape index (κ2) is 8.56. The minimum atomic E-state index is -0.182. The van der Waals surface area contributed by atoms with E-state index in [4.69, 9.17) is 5.26 Å². The van der Waals surface area contributed by atoms with Gasteiger partial charge in [0.15, 0.2) is 5.16 Å². The zero-order valence-electron chi connectivity index (χ0n) is 15.3. The van der Waals surface area contributed by atoms with Gasteiger partial charge in [-0.2, -0.15) is 5.26 Å². The monoisotopic (exact) mass is 376 g/mol. The predicted molar refractivity (Wildman–Crippen MR) is 108 cm³/mol. The second-order valence-electron chi connectivity index (χ2n) is 6.07. The highest BCUT2D eigenvalue weighted by Gasteiger charge is 2.17. The van der Waals surface area contributed by atoms with Gasteiger partial charge in [-0.15, -0.1) is 0 Å². The van der Waals surface area contributed by atoms with Gasteiger partial charge in [-0.3, -0.25) is 9.36 Å². The Morgan fingerprint density at radius 2 is 1.96 bits per heavy atom. The van der Waals surface area contributed by atoms with E-state index in [1.165, 1.54) is 22.9 Å². The molecule has 0 aliphatic heterocycles. The molecule has 1 amide bonds. The maximum Gasteiger partial charge on any atom is 0.231 e. The first-order valence-corrected chi connectivity index (χ1v) is 9.56. The van der Waals surface area contributed by atoms with Crippen LogP contribution in [0.3, 0.4) is 0 Å². The Morgan fingerprint density at radius 1 is 1.19 bits per heavy atom. The Balaban J connectivity index is 2.02. The third-order valence-electron chi connectivity index (χ3n) is 4.31. The topological polar surface area (TPSA) is 70.7 Å². The van der Waals surface area contributed by atoms with Crippen LogP contribution in [-0.4, -0.2) is 27.8 Å². The van der Waals surface area contributed by atoms with Crippen molar-refractivity contribution >= 4 is 17.7 Å². The summed E-state index contributed by atoms with van der Waals surface area (Å²) in [5.41, 5.74) is 5.45. The molecule has 0 unspecified atom stereocenters. The van der Waals surface area contributed by atoms with E-state index in [-0.39, 0.29) is 18.2 Å². The van der Waals surface area contributed by atoms with Gasteiger partial charge in [0.25, 0.3) is 0 Å². The lowest BCUT2D eigenvalue weighted by Gasteiger charge is -2.16. The molecule has 1 heterocycles. The first-order chi connectivity index (χ1) is 13.1. The van der Waals surface area contributed by atoms with Gasteiger partial charge in [-0.05, 0) is 31.0 Å². The summed E-state index contributed by atoms with van der Waals surface area (Å²) < 4.78 is 2.10. The molecule has 1 aromatic heterocycles. The number of carbonyl (C=O) groups is 1. The van der Waals surface area contributed by atoms with E-state index in [0.717, 1.165) is 22.1 Å². The Morgan fingerprint density at radius 3 is 2.70 bits per heavy atom. The van der Waals surface area contributed by atoms with Crippen molar-refractivity contribution in [2.75, 3.05) is 12.3 Å². The number of aryl methyl sites for hydroxylation is 1. The highest BCUT2D eigenvalue weighted by atomic mass is 32.2. The fourth-order valence-corrected chi connectivity index (χ4v) is 3.59. The molecule has 0 bridgehead atoms. The van der Waals surface area contributed by atoms with E-state index >= 15 is 0 Å². The smallest absolute Gasteiger partial charge is 0.231 e. The maximum atomic E-state index is 11.9. The van der Waals surface area contributed by atoms with E-state index in [9.17, 15) is 4.79 Å². The van der Waals surface area contributed by atoms with E-state index < -0.39 is 0 Å². The van der Waals surface area contributed by atoms with Crippen LogP contribution in [0.25, 0.3) is 16.9 Å². The van der Waals surface area contributed by atoms with E-state index in [1.807, 2.05) is 48.7 Å². The molecule has 0 atom stereocenters. The number of hydrogen-bond donors (Lipinski definition) is 1. The second-order valence-corrected chi connectivity index (χ2v) is 7.01. The molecular formula is C21H20N4OS. The largest absolute Gasteiger partial charge is 0.342 e. The molecule has 136 valence electrons. The van der Waals surface area contributed by atoms with Gasteiger partial charge in [0.1, 0.15) is 6.54 Å². The van der Waals surface area contributed by atoms with Crippen molar-refractivity contribution in [1.82, 2.24) is 14.9 Å².